The minimum absolute atomic E-state index is 0.306. The maximum absolute atomic E-state index is 12.5. The van der Waals surface area contributed by atoms with E-state index >= 15 is 0 Å². The second kappa shape index (κ2) is 4.98. The maximum atomic E-state index is 12.5. The van der Waals surface area contributed by atoms with E-state index in [1.807, 2.05) is 31.3 Å². The molecule has 3 aromatic rings. The summed E-state index contributed by atoms with van der Waals surface area (Å²) in [6.45, 7) is 2.07. The van der Waals surface area contributed by atoms with E-state index in [0.29, 0.717) is 23.9 Å². The highest BCUT2D eigenvalue weighted by atomic mass is 16.5. The van der Waals surface area contributed by atoms with Crippen molar-refractivity contribution in [3.63, 3.8) is 0 Å². The molecule has 1 aliphatic rings. The minimum atomic E-state index is -0.335. The van der Waals surface area contributed by atoms with Gasteiger partial charge in [-0.2, -0.15) is 5.10 Å². The number of ether oxygens (including phenoxy) is 1. The van der Waals surface area contributed by atoms with Gasteiger partial charge in [-0.3, -0.25) is 9.48 Å². The highest BCUT2D eigenvalue weighted by molar-refractivity contribution is 6.04. The molecule has 116 valence electrons. The van der Waals surface area contributed by atoms with Gasteiger partial charge in [0.05, 0.1) is 5.69 Å². The van der Waals surface area contributed by atoms with Crippen molar-refractivity contribution in [2.45, 2.75) is 13.5 Å². The maximum Gasteiger partial charge on any atom is 0.277 e. The number of nitrogens with zero attached hydrogens (tertiary/aromatic N) is 3. The average Bonchev–Trinajstić information content (AvgIpc) is 3.11. The Morgan fingerprint density at radius 1 is 1.35 bits per heavy atom. The number of aryl methyl sites for hydroxylation is 2. The smallest absolute Gasteiger partial charge is 0.277 e. The number of hydrogen-bond acceptors (Lipinski definition) is 5. The van der Waals surface area contributed by atoms with Crippen molar-refractivity contribution in [3.05, 3.63) is 47.3 Å². The van der Waals surface area contributed by atoms with Gasteiger partial charge in [-0.15, -0.1) is 0 Å². The summed E-state index contributed by atoms with van der Waals surface area (Å²) in [5.41, 5.74) is 2.93. The van der Waals surface area contributed by atoms with Crippen LogP contribution >= 0.6 is 0 Å². The fraction of sp³-hybridized carbons (Fsp3) is 0.188. The molecule has 0 fully saturated rings. The molecule has 3 heterocycles. The van der Waals surface area contributed by atoms with Crippen LogP contribution in [0.15, 0.2) is 34.9 Å². The van der Waals surface area contributed by atoms with E-state index in [1.54, 1.807) is 17.7 Å². The Morgan fingerprint density at radius 3 is 2.96 bits per heavy atom. The fourth-order valence-electron chi connectivity index (χ4n) is 2.76. The second-order valence-electron chi connectivity index (χ2n) is 5.36. The zero-order chi connectivity index (χ0) is 16.0. The number of nitrogens with one attached hydrogen (secondary N) is 1. The first-order valence-corrected chi connectivity index (χ1v) is 7.16. The summed E-state index contributed by atoms with van der Waals surface area (Å²) < 4.78 is 12.4. The quantitative estimate of drug-likeness (QED) is 0.786. The molecule has 0 atom stereocenters. The van der Waals surface area contributed by atoms with Gasteiger partial charge in [0.15, 0.2) is 11.5 Å². The van der Waals surface area contributed by atoms with Crippen LogP contribution < -0.4 is 10.1 Å². The van der Waals surface area contributed by atoms with Crippen LogP contribution in [0.5, 0.6) is 5.75 Å². The molecule has 0 aliphatic carbocycles. The van der Waals surface area contributed by atoms with Crippen LogP contribution in [0.1, 0.15) is 21.8 Å². The molecule has 1 aromatic carbocycles. The van der Waals surface area contributed by atoms with Gasteiger partial charge in [0.1, 0.15) is 18.1 Å². The summed E-state index contributed by atoms with van der Waals surface area (Å²) in [5, 5.41) is 10.8. The van der Waals surface area contributed by atoms with Crippen LogP contribution in [-0.4, -0.2) is 20.8 Å². The Hall–Kier alpha value is -3.09. The van der Waals surface area contributed by atoms with Gasteiger partial charge in [-0.05, 0) is 19.1 Å². The number of rotatable bonds is 2. The second-order valence-corrected chi connectivity index (χ2v) is 5.36. The van der Waals surface area contributed by atoms with Crippen LogP contribution in [0.3, 0.4) is 0 Å². The lowest BCUT2D eigenvalue weighted by molar-refractivity contribution is 0.101. The average molecular weight is 310 g/mol. The van der Waals surface area contributed by atoms with Crippen molar-refractivity contribution in [1.82, 2.24) is 14.9 Å². The van der Waals surface area contributed by atoms with Crippen LogP contribution in [0.4, 0.5) is 5.82 Å². The lowest BCUT2D eigenvalue weighted by Gasteiger charge is -2.18. The molecule has 7 heteroatoms. The zero-order valence-corrected chi connectivity index (χ0v) is 12.7. The molecule has 0 bridgehead atoms. The third kappa shape index (κ3) is 2.17. The van der Waals surface area contributed by atoms with Crippen LogP contribution in [0, 0.1) is 6.92 Å². The Kier molecular flexibility index (Phi) is 2.94. The Bertz CT molecular complexity index is 910. The number of aromatic nitrogens is 3. The van der Waals surface area contributed by atoms with Crippen molar-refractivity contribution in [3.8, 4) is 17.0 Å². The van der Waals surface area contributed by atoms with E-state index in [9.17, 15) is 4.79 Å². The first-order chi connectivity index (χ1) is 11.1. The van der Waals surface area contributed by atoms with Crippen LogP contribution in [0.25, 0.3) is 11.3 Å². The van der Waals surface area contributed by atoms with Gasteiger partial charge in [-0.1, -0.05) is 17.3 Å². The molecule has 0 unspecified atom stereocenters. The number of fused-ring (bicyclic) bond motifs is 3. The van der Waals surface area contributed by atoms with E-state index in [-0.39, 0.29) is 5.91 Å². The molecule has 4 rings (SSSR count). The van der Waals surface area contributed by atoms with Gasteiger partial charge in [0.2, 0.25) is 0 Å². The van der Waals surface area contributed by atoms with E-state index in [2.05, 4.69) is 15.6 Å². The largest absolute Gasteiger partial charge is 0.488 e. The molecule has 0 radical (unpaired) electrons. The summed E-state index contributed by atoms with van der Waals surface area (Å²) >= 11 is 0. The monoisotopic (exact) mass is 310 g/mol. The highest BCUT2D eigenvalue weighted by Gasteiger charge is 2.28. The Morgan fingerprint density at radius 2 is 2.17 bits per heavy atom. The number of amides is 1. The van der Waals surface area contributed by atoms with Crippen molar-refractivity contribution in [2.24, 2.45) is 7.05 Å². The van der Waals surface area contributed by atoms with E-state index in [4.69, 9.17) is 9.26 Å². The molecule has 2 aromatic heterocycles. The number of benzene rings is 1. The number of hydrogen-bond donors (Lipinski definition) is 1. The first kappa shape index (κ1) is 13.6. The Labute approximate surface area is 131 Å². The third-order valence-corrected chi connectivity index (χ3v) is 3.74. The molecular formula is C16H14N4O3. The molecule has 0 saturated heterocycles. The summed E-state index contributed by atoms with van der Waals surface area (Å²) in [6.07, 6.45) is 0. The van der Waals surface area contributed by atoms with Gasteiger partial charge >= 0.3 is 0 Å². The predicted octanol–water partition coefficient (Wildman–Crippen LogP) is 2.53. The third-order valence-electron chi connectivity index (χ3n) is 3.74. The number of carbonyl (C=O) groups is 1. The standard InChI is InChI=1S/C16H14N4O3/c1-9-7-13(19-23-9)17-16(21)14-11-8-22-12-6-4-3-5-10(12)15(11)20(2)18-14/h3-7H,8H2,1-2H3,(H,17,19,21). The lowest BCUT2D eigenvalue weighted by atomic mass is 10.0. The van der Waals surface area contributed by atoms with E-state index in [0.717, 1.165) is 22.6 Å². The fourth-order valence-corrected chi connectivity index (χ4v) is 2.76. The predicted molar refractivity (Wildman–Crippen MR) is 82.2 cm³/mol. The summed E-state index contributed by atoms with van der Waals surface area (Å²) in [4.78, 5) is 12.5. The SMILES string of the molecule is Cc1cc(NC(=O)c2nn(C)c3c2COc2ccccc2-3)no1. The molecule has 1 N–H and O–H groups in total. The molecule has 1 aliphatic heterocycles. The number of anilines is 1. The van der Waals surface area contributed by atoms with Gasteiger partial charge in [0, 0.05) is 24.2 Å². The molecular weight excluding hydrogens is 296 g/mol. The first-order valence-electron chi connectivity index (χ1n) is 7.16. The van der Waals surface area contributed by atoms with Gasteiger partial charge in [-0.25, -0.2) is 0 Å². The van der Waals surface area contributed by atoms with Gasteiger partial charge in [0.25, 0.3) is 5.91 Å². The van der Waals surface area contributed by atoms with Crippen molar-refractivity contribution in [2.75, 3.05) is 5.32 Å². The Balaban J connectivity index is 1.74. The van der Waals surface area contributed by atoms with E-state index in [1.165, 1.54) is 0 Å². The van der Waals surface area contributed by atoms with E-state index < -0.39 is 0 Å². The minimum Gasteiger partial charge on any atom is -0.488 e. The van der Waals surface area contributed by atoms with Crippen molar-refractivity contribution in [1.29, 1.82) is 0 Å². The summed E-state index contributed by atoms with van der Waals surface area (Å²) in [6, 6.07) is 9.36. The molecule has 0 saturated carbocycles. The lowest BCUT2D eigenvalue weighted by Crippen LogP contribution is -2.16. The summed E-state index contributed by atoms with van der Waals surface area (Å²) in [5.74, 6) is 1.45. The molecule has 1 amide bonds. The highest BCUT2D eigenvalue weighted by Crippen LogP contribution is 2.38. The summed E-state index contributed by atoms with van der Waals surface area (Å²) in [7, 11) is 1.82. The van der Waals surface area contributed by atoms with Crippen LogP contribution in [-0.2, 0) is 13.7 Å². The molecule has 7 nitrogen and oxygen atoms in total. The number of carbonyl (C=O) groups excluding carboxylic acids is 1. The van der Waals surface area contributed by atoms with Crippen LogP contribution in [0.2, 0.25) is 0 Å². The topological polar surface area (TPSA) is 82.2 Å². The van der Waals surface area contributed by atoms with Crippen molar-refractivity contribution >= 4 is 11.7 Å². The normalized spacial score (nSPS) is 12.3. The zero-order valence-electron chi connectivity index (χ0n) is 12.7. The number of para-hydroxylation sites is 1. The molecule has 0 spiro atoms. The molecule has 23 heavy (non-hydrogen) atoms. The van der Waals surface area contributed by atoms with Gasteiger partial charge < -0.3 is 14.6 Å². The van der Waals surface area contributed by atoms with Crippen molar-refractivity contribution < 1.29 is 14.1 Å².